The van der Waals surface area contributed by atoms with Crippen molar-refractivity contribution in [2.75, 3.05) is 25.0 Å². The van der Waals surface area contributed by atoms with E-state index in [9.17, 15) is 14.0 Å². The first-order valence-electron chi connectivity index (χ1n) is 10.6. The number of carboxylic acids is 1. The van der Waals surface area contributed by atoms with E-state index in [1.54, 1.807) is 17.6 Å². The molecule has 178 valence electrons. The molecular formula is C23H23FN4O5S. The number of aromatic carboxylic acids is 1. The predicted octanol–water partition coefficient (Wildman–Crippen LogP) is 3.33. The van der Waals surface area contributed by atoms with E-state index in [0.29, 0.717) is 29.7 Å². The second-order valence-electron chi connectivity index (χ2n) is 7.53. The predicted molar refractivity (Wildman–Crippen MR) is 124 cm³/mol. The third-order valence-electron chi connectivity index (χ3n) is 5.21. The minimum absolute atomic E-state index is 0.113. The Kier molecular flexibility index (Phi) is 7.36. The summed E-state index contributed by atoms with van der Waals surface area (Å²) in [5.74, 6) is -1.61. The molecule has 1 aliphatic rings. The monoisotopic (exact) mass is 486 g/mol. The molecule has 11 heteroatoms. The van der Waals surface area contributed by atoms with Gasteiger partial charge >= 0.3 is 5.97 Å². The summed E-state index contributed by atoms with van der Waals surface area (Å²) in [6.45, 7) is 1.22. The average molecular weight is 487 g/mol. The van der Waals surface area contributed by atoms with Crippen LogP contribution >= 0.6 is 11.3 Å². The number of carbonyl (C=O) groups excluding carboxylic acids is 1. The molecule has 5 N–H and O–H groups in total. The van der Waals surface area contributed by atoms with E-state index in [4.69, 9.17) is 20.3 Å². The van der Waals surface area contributed by atoms with E-state index >= 15 is 0 Å². The van der Waals surface area contributed by atoms with Crippen molar-refractivity contribution in [1.29, 1.82) is 0 Å². The molecule has 1 aromatic heterocycles. The van der Waals surface area contributed by atoms with Crippen LogP contribution in [0, 0.1) is 5.82 Å². The molecule has 0 fully saturated rings. The fraction of sp³-hybridized carbons (Fsp3) is 0.261. The summed E-state index contributed by atoms with van der Waals surface area (Å²) in [4.78, 5) is 27.7. The average Bonchev–Trinajstić information content (AvgIpc) is 3.30. The third-order valence-corrected chi connectivity index (χ3v) is 5.90. The van der Waals surface area contributed by atoms with Gasteiger partial charge in [0.2, 0.25) is 5.91 Å². The second kappa shape index (κ2) is 10.6. The zero-order valence-electron chi connectivity index (χ0n) is 18.0. The number of fused-ring (bicyclic) bond motifs is 1. The van der Waals surface area contributed by atoms with E-state index in [2.05, 4.69) is 15.6 Å². The second-order valence-corrected chi connectivity index (χ2v) is 8.42. The number of nitrogens with one attached hydrogen (secondary N) is 2. The van der Waals surface area contributed by atoms with E-state index in [0.717, 1.165) is 29.7 Å². The first kappa shape index (κ1) is 23.6. The number of carbonyl (C=O) groups is 2. The summed E-state index contributed by atoms with van der Waals surface area (Å²) >= 11 is 1.34. The largest absolute Gasteiger partial charge is 0.488 e. The van der Waals surface area contributed by atoms with Crippen molar-refractivity contribution in [2.24, 2.45) is 5.73 Å². The molecule has 3 aromatic rings. The van der Waals surface area contributed by atoms with Crippen molar-refractivity contribution in [2.45, 2.75) is 18.9 Å². The first-order chi connectivity index (χ1) is 16.4. The van der Waals surface area contributed by atoms with Crippen LogP contribution in [-0.4, -0.2) is 41.7 Å². The maximum absolute atomic E-state index is 14.2. The van der Waals surface area contributed by atoms with Gasteiger partial charge in [-0.25, -0.2) is 14.2 Å². The molecule has 4 rings (SSSR count). The third kappa shape index (κ3) is 5.50. The van der Waals surface area contributed by atoms with E-state index < -0.39 is 17.3 Å². The maximum Gasteiger partial charge on any atom is 0.338 e. The van der Waals surface area contributed by atoms with Crippen LogP contribution in [0.4, 0.5) is 9.52 Å². The van der Waals surface area contributed by atoms with Gasteiger partial charge in [0.1, 0.15) is 18.2 Å². The number of ether oxygens (including phenoxy) is 2. The van der Waals surface area contributed by atoms with Gasteiger partial charge in [-0.2, -0.15) is 0 Å². The molecule has 0 radical (unpaired) electrons. The van der Waals surface area contributed by atoms with Crippen molar-refractivity contribution < 1.29 is 28.6 Å². The Labute approximate surface area is 198 Å². The maximum atomic E-state index is 14.2. The summed E-state index contributed by atoms with van der Waals surface area (Å²) < 4.78 is 25.8. The molecule has 0 aliphatic carbocycles. The minimum Gasteiger partial charge on any atom is -0.488 e. The summed E-state index contributed by atoms with van der Waals surface area (Å²) in [6, 6.07) is 6.84. The highest BCUT2D eigenvalue weighted by Gasteiger charge is 2.25. The molecule has 34 heavy (non-hydrogen) atoms. The zero-order chi connectivity index (χ0) is 24.1. The van der Waals surface area contributed by atoms with Gasteiger partial charge in [0.25, 0.3) is 0 Å². The lowest BCUT2D eigenvalue weighted by atomic mass is 9.91. The molecule has 1 amide bonds. The molecule has 0 saturated heterocycles. The highest BCUT2D eigenvalue weighted by atomic mass is 32.1. The fourth-order valence-electron chi connectivity index (χ4n) is 3.69. The minimum atomic E-state index is -1.37. The molecule has 1 aliphatic heterocycles. The van der Waals surface area contributed by atoms with Crippen LogP contribution in [-0.2, 0) is 11.2 Å². The number of benzene rings is 2. The first-order valence-corrected chi connectivity index (χ1v) is 11.5. The molecule has 1 unspecified atom stereocenters. The van der Waals surface area contributed by atoms with Crippen molar-refractivity contribution in [1.82, 2.24) is 10.3 Å². The molecule has 2 heterocycles. The van der Waals surface area contributed by atoms with Gasteiger partial charge in [0, 0.05) is 36.7 Å². The SMILES string of the molecule is NCCOc1cc2c(cc1Oc1ccc(C(=O)O)c(F)c1)C(CC(=O)Nc1nccs1)NCC2. The van der Waals surface area contributed by atoms with Crippen molar-refractivity contribution in [3.8, 4) is 17.2 Å². The lowest BCUT2D eigenvalue weighted by molar-refractivity contribution is -0.116. The van der Waals surface area contributed by atoms with Gasteiger partial charge in [-0.3, -0.25) is 4.79 Å². The molecule has 9 nitrogen and oxygen atoms in total. The van der Waals surface area contributed by atoms with Crippen molar-refractivity contribution >= 4 is 28.3 Å². The quantitative estimate of drug-likeness (QED) is 0.362. The summed E-state index contributed by atoms with van der Waals surface area (Å²) in [5, 5.41) is 17.5. The van der Waals surface area contributed by atoms with Crippen LogP contribution in [0.5, 0.6) is 17.2 Å². The highest BCUT2D eigenvalue weighted by Crippen LogP contribution is 2.39. The van der Waals surface area contributed by atoms with Gasteiger partial charge in [-0.15, -0.1) is 11.3 Å². The van der Waals surface area contributed by atoms with Crippen LogP contribution in [0.15, 0.2) is 41.9 Å². The van der Waals surface area contributed by atoms with Crippen LogP contribution in [0.3, 0.4) is 0 Å². The Bertz CT molecular complexity index is 1190. The lowest BCUT2D eigenvalue weighted by Crippen LogP contribution is -2.32. The molecule has 0 spiro atoms. The number of thiazole rings is 1. The smallest absolute Gasteiger partial charge is 0.338 e. The Morgan fingerprint density at radius 2 is 2.15 bits per heavy atom. The highest BCUT2D eigenvalue weighted by molar-refractivity contribution is 7.13. The van der Waals surface area contributed by atoms with E-state index in [1.165, 1.54) is 17.4 Å². The Morgan fingerprint density at radius 3 is 2.85 bits per heavy atom. The van der Waals surface area contributed by atoms with Gasteiger partial charge < -0.3 is 30.9 Å². The topological polar surface area (TPSA) is 136 Å². The summed E-state index contributed by atoms with van der Waals surface area (Å²) in [7, 11) is 0. The number of carboxylic acid groups (broad SMARTS) is 1. The number of rotatable bonds is 9. The van der Waals surface area contributed by atoms with E-state index in [1.807, 2.05) is 6.07 Å². The number of nitrogens with two attached hydrogens (primary N) is 1. The van der Waals surface area contributed by atoms with Crippen LogP contribution < -0.4 is 25.8 Å². The van der Waals surface area contributed by atoms with E-state index in [-0.39, 0.29) is 30.7 Å². The van der Waals surface area contributed by atoms with Gasteiger partial charge in [0.05, 0.1) is 5.56 Å². The van der Waals surface area contributed by atoms with Crippen molar-refractivity contribution in [3.05, 3.63) is 64.4 Å². The molecule has 1 atom stereocenters. The van der Waals surface area contributed by atoms with Gasteiger partial charge in [0.15, 0.2) is 16.6 Å². The number of nitrogens with zero attached hydrogens (tertiary/aromatic N) is 1. The van der Waals surface area contributed by atoms with Crippen molar-refractivity contribution in [3.63, 3.8) is 0 Å². The lowest BCUT2D eigenvalue weighted by Gasteiger charge is -2.28. The molecule has 2 aromatic carbocycles. The van der Waals surface area contributed by atoms with Crippen LogP contribution in [0.1, 0.15) is 33.9 Å². The number of hydrogen-bond acceptors (Lipinski definition) is 8. The van der Waals surface area contributed by atoms with Crippen LogP contribution in [0.25, 0.3) is 0 Å². The van der Waals surface area contributed by atoms with Crippen LogP contribution in [0.2, 0.25) is 0 Å². The van der Waals surface area contributed by atoms with Gasteiger partial charge in [-0.05, 0) is 48.4 Å². The number of hydrogen-bond donors (Lipinski definition) is 4. The number of anilines is 1. The molecule has 0 bridgehead atoms. The Balaban J connectivity index is 1.61. The summed E-state index contributed by atoms with van der Waals surface area (Å²) in [5.41, 5.74) is 6.99. The number of amides is 1. The number of halogens is 1. The zero-order valence-corrected chi connectivity index (χ0v) is 18.9. The Morgan fingerprint density at radius 1 is 1.29 bits per heavy atom. The molecular weight excluding hydrogens is 463 g/mol. The standard InChI is InChI=1S/C23H23FN4O5S/c24-17-10-14(1-2-15(17)22(30)31)33-20-11-16-13(9-19(20)32-7-4-25)3-5-26-18(16)12-21(29)28-23-27-6-8-34-23/h1-2,6,8-11,18,26H,3-5,7,12,25H2,(H,30,31)(H,27,28,29). The fourth-order valence-corrected chi connectivity index (χ4v) is 4.24. The molecule has 0 saturated carbocycles. The van der Waals surface area contributed by atoms with Gasteiger partial charge in [-0.1, -0.05) is 0 Å². The normalized spacial score (nSPS) is 14.8. The summed E-state index contributed by atoms with van der Waals surface area (Å²) in [6.07, 6.45) is 2.52. The Hall–Kier alpha value is -3.54. The number of aromatic nitrogens is 1.